The van der Waals surface area contributed by atoms with E-state index in [-0.39, 0.29) is 17.4 Å². The summed E-state index contributed by atoms with van der Waals surface area (Å²) in [6.45, 7) is 7.04. The SMILES string of the molecule is Cc1cc(C(=O)N[C@H]2CC(C)(C)Cc3nc(N(C)Cc4ccccc4)ncc32)n[nH]1. The molecular formula is C23H28N6O. The number of nitrogens with zero attached hydrogens (tertiary/aromatic N) is 4. The normalized spacial score (nSPS) is 17.3. The van der Waals surface area contributed by atoms with Crippen LogP contribution < -0.4 is 10.2 Å². The third-order valence-corrected chi connectivity index (χ3v) is 5.51. The van der Waals surface area contributed by atoms with Gasteiger partial charge >= 0.3 is 0 Å². The van der Waals surface area contributed by atoms with Gasteiger partial charge < -0.3 is 10.2 Å². The molecule has 0 aliphatic heterocycles. The molecule has 3 aromatic rings. The summed E-state index contributed by atoms with van der Waals surface area (Å²) in [4.78, 5) is 24.2. The highest BCUT2D eigenvalue weighted by Gasteiger charge is 2.35. The number of nitrogens with one attached hydrogen (secondary N) is 2. The lowest BCUT2D eigenvalue weighted by molar-refractivity contribution is 0.0914. The summed E-state index contributed by atoms with van der Waals surface area (Å²) in [5, 5.41) is 10.0. The van der Waals surface area contributed by atoms with Crippen molar-refractivity contribution in [2.75, 3.05) is 11.9 Å². The molecule has 0 unspecified atom stereocenters. The molecule has 0 bridgehead atoms. The average Bonchev–Trinajstić information content (AvgIpc) is 3.14. The van der Waals surface area contributed by atoms with Gasteiger partial charge in [0.1, 0.15) is 5.69 Å². The number of hydrogen-bond donors (Lipinski definition) is 2. The summed E-state index contributed by atoms with van der Waals surface area (Å²) in [5.41, 5.74) is 4.49. The van der Waals surface area contributed by atoms with Crippen molar-refractivity contribution in [3.05, 3.63) is 70.8 Å². The zero-order valence-electron chi connectivity index (χ0n) is 17.9. The van der Waals surface area contributed by atoms with E-state index < -0.39 is 0 Å². The minimum atomic E-state index is -0.182. The third-order valence-electron chi connectivity index (χ3n) is 5.51. The molecule has 1 amide bonds. The Labute approximate surface area is 176 Å². The number of H-pyrrole nitrogens is 1. The summed E-state index contributed by atoms with van der Waals surface area (Å²) in [6.07, 6.45) is 3.55. The number of carbonyl (C=O) groups is 1. The van der Waals surface area contributed by atoms with Crippen LogP contribution in [0.25, 0.3) is 0 Å². The highest BCUT2D eigenvalue weighted by Crippen LogP contribution is 2.40. The molecule has 2 aromatic heterocycles. The molecule has 156 valence electrons. The van der Waals surface area contributed by atoms with Crippen molar-refractivity contribution in [2.24, 2.45) is 5.41 Å². The number of rotatable bonds is 5. The number of benzene rings is 1. The van der Waals surface area contributed by atoms with E-state index >= 15 is 0 Å². The van der Waals surface area contributed by atoms with E-state index in [1.54, 1.807) is 6.07 Å². The van der Waals surface area contributed by atoms with E-state index in [9.17, 15) is 4.79 Å². The fraction of sp³-hybridized carbons (Fsp3) is 0.391. The Bertz CT molecular complexity index is 1040. The number of aromatic nitrogens is 4. The van der Waals surface area contributed by atoms with Crippen LogP contribution in [0.15, 0.2) is 42.6 Å². The molecular weight excluding hydrogens is 376 g/mol. The first-order valence-corrected chi connectivity index (χ1v) is 10.2. The molecule has 1 aromatic carbocycles. The van der Waals surface area contributed by atoms with Crippen LogP contribution in [-0.4, -0.2) is 33.1 Å². The van der Waals surface area contributed by atoms with Gasteiger partial charge in [-0.2, -0.15) is 5.10 Å². The topological polar surface area (TPSA) is 86.8 Å². The van der Waals surface area contributed by atoms with Gasteiger partial charge in [0.2, 0.25) is 5.95 Å². The lowest BCUT2D eigenvalue weighted by Crippen LogP contribution is -2.37. The van der Waals surface area contributed by atoms with Gasteiger partial charge in [-0.05, 0) is 36.8 Å². The second-order valence-corrected chi connectivity index (χ2v) is 8.92. The summed E-state index contributed by atoms with van der Waals surface area (Å²) in [5.74, 6) is 0.515. The van der Waals surface area contributed by atoms with Gasteiger partial charge in [-0.1, -0.05) is 44.2 Å². The molecule has 0 radical (unpaired) electrons. The minimum absolute atomic E-state index is 0.0239. The van der Waals surface area contributed by atoms with Crippen LogP contribution in [0, 0.1) is 12.3 Å². The molecule has 7 nitrogen and oxygen atoms in total. The van der Waals surface area contributed by atoms with Crippen molar-refractivity contribution >= 4 is 11.9 Å². The first kappa shape index (κ1) is 20.1. The summed E-state index contributed by atoms with van der Waals surface area (Å²) >= 11 is 0. The Morgan fingerprint density at radius 1 is 1.30 bits per heavy atom. The molecule has 7 heteroatoms. The Morgan fingerprint density at radius 2 is 2.07 bits per heavy atom. The fourth-order valence-corrected chi connectivity index (χ4v) is 4.04. The van der Waals surface area contributed by atoms with Gasteiger partial charge in [-0.15, -0.1) is 0 Å². The zero-order valence-corrected chi connectivity index (χ0v) is 17.9. The third kappa shape index (κ3) is 4.35. The van der Waals surface area contributed by atoms with Gasteiger partial charge in [0.15, 0.2) is 0 Å². The number of amides is 1. The Morgan fingerprint density at radius 3 is 2.77 bits per heavy atom. The quantitative estimate of drug-likeness (QED) is 0.679. The standard InChI is InChI=1S/C23H28N6O/c1-15-10-18(28-27-15)21(30)25-19-11-23(2,3)12-20-17(19)13-24-22(26-20)29(4)14-16-8-6-5-7-9-16/h5-10,13,19H,11-12,14H2,1-4H3,(H,25,30)(H,27,28)/t19-/m0/s1. The monoisotopic (exact) mass is 404 g/mol. The Hall–Kier alpha value is -3.22. The van der Waals surface area contributed by atoms with Crippen LogP contribution in [0.2, 0.25) is 0 Å². The second-order valence-electron chi connectivity index (χ2n) is 8.92. The highest BCUT2D eigenvalue weighted by molar-refractivity contribution is 5.92. The second kappa shape index (κ2) is 7.89. The summed E-state index contributed by atoms with van der Waals surface area (Å²) in [6, 6.07) is 11.9. The van der Waals surface area contributed by atoms with Crippen LogP contribution in [0.1, 0.15) is 59.3 Å². The maximum atomic E-state index is 12.7. The predicted octanol–water partition coefficient (Wildman–Crippen LogP) is 3.59. The van der Waals surface area contributed by atoms with Crippen LogP contribution in [0.5, 0.6) is 0 Å². The van der Waals surface area contributed by atoms with Gasteiger partial charge in [-0.25, -0.2) is 9.97 Å². The molecule has 30 heavy (non-hydrogen) atoms. The molecule has 4 rings (SSSR count). The van der Waals surface area contributed by atoms with Crippen molar-refractivity contribution in [3.63, 3.8) is 0 Å². The first-order valence-electron chi connectivity index (χ1n) is 10.2. The van der Waals surface area contributed by atoms with E-state index in [1.807, 2.05) is 38.4 Å². The minimum Gasteiger partial charge on any atom is -0.344 e. The average molecular weight is 405 g/mol. The van der Waals surface area contributed by atoms with Gasteiger partial charge in [0.25, 0.3) is 5.91 Å². The van der Waals surface area contributed by atoms with Crippen molar-refractivity contribution in [3.8, 4) is 0 Å². The van der Waals surface area contributed by atoms with E-state index in [1.165, 1.54) is 5.56 Å². The van der Waals surface area contributed by atoms with Gasteiger partial charge in [-0.3, -0.25) is 9.89 Å². The molecule has 0 fully saturated rings. The van der Waals surface area contributed by atoms with Crippen LogP contribution in [0.3, 0.4) is 0 Å². The predicted molar refractivity (Wildman–Crippen MR) is 116 cm³/mol. The lowest BCUT2D eigenvalue weighted by atomic mass is 9.74. The number of hydrogen-bond acceptors (Lipinski definition) is 5. The number of aromatic amines is 1. The molecule has 1 atom stereocenters. The van der Waals surface area contributed by atoms with Crippen molar-refractivity contribution in [2.45, 2.75) is 46.2 Å². The van der Waals surface area contributed by atoms with Crippen LogP contribution >= 0.6 is 0 Å². The van der Waals surface area contributed by atoms with E-state index in [0.29, 0.717) is 11.6 Å². The van der Waals surface area contributed by atoms with Crippen molar-refractivity contribution in [1.29, 1.82) is 0 Å². The molecule has 0 spiro atoms. The van der Waals surface area contributed by atoms with E-state index in [4.69, 9.17) is 4.98 Å². The van der Waals surface area contributed by atoms with Crippen LogP contribution in [-0.2, 0) is 13.0 Å². The van der Waals surface area contributed by atoms with E-state index in [0.717, 1.165) is 36.3 Å². The largest absolute Gasteiger partial charge is 0.344 e. The highest BCUT2D eigenvalue weighted by atomic mass is 16.2. The lowest BCUT2D eigenvalue weighted by Gasteiger charge is -2.36. The first-order chi connectivity index (χ1) is 14.3. The molecule has 2 heterocycles. The molecule has 0 saturated carbocycles. The number of carbonyl (C=O) groups excluding carboxylic acids is 1. The zero-order chi connectivity index (χ0) is 21.3. The molecule has 1 aliphatic rings. The maximum absolute atomic E-state index is 12.7. The smallest absolute Gasteiger partial charge is 0.272 e. The van der Waals surface area contributed by atoms with Crippen molar-refractivity contribution < 1.29 is 4.79 Å². The Balaban J connectivity index is 1.57. The number of anilines is 1. The number of fused-ring (bicyclic) bond motifs is 1. The summed E-state index contributed by atoms with van der Waals surface area (Å²) in [7, 11) is 2.00. The van der Waals surface area contributed by atoms with Crippen LogP contribution in [0.4, 0.5) is 5.95 Å². The molecule has 0 saturated heterocycles. The number of aryl methyl sites for hydroxylation is 1. The molecule has 2 N–H and O–H groups in total. The van der Waals surface area contributed by atoms with Gasteiger partial charge in [0, 0.05) is 31.0 Å². The van der Waals surface area contributed by atoms with E-state index in [2.05, 4.69) is 51.4 Å². The fourth-order valence-electron chi connectivity index (χ4n) is 4.04. The summed E-state index contributed by atoms with van der Waals surface area (Å²) < 4.78 is 0. The molecule has 1 aliphatic carbocycles. The van der Waals surface area contributed by atoms with Crippen molar-refractivity contribution in [1.82, 2.24) is 25.5 Å². The Kier molecular flexibility index (Phi) is 5.28. The maximum Gasteiger partial charge on any atom is 0.272 e. The van der Waals surface area contributed by atoms with Gasteiger partial charge in [0.05, 0.1) is 11.7 Å².